The Balaban J connectivity index is 1.71. The van der Waals surface area contributed by atoms with Gasteiger partial charge in [0.15, 0.2) is 11.6 Å². The quantitative estimate of drug-likeness (QED) is 0.244. The van der Waals surface area contributed by atoms with Crippen LogP contribution in [0.15, 0.2) is 66.1 Å². The van der Waals surface area contributed by atoms with Crippen LogP contribution in [0.2, 0.25) is 5.02 Å². The molecular formula is C29H27ClF4N4O3. The summed E-state index contributed by atoms with van der Waals surface area (Å²) >= 11 is 6.17. The normalized spacial score (nSPS) is 16.5. The summed E-state index contributed by atoms with van der Waals surface area (Å²) in [5.41, 5.74) is -0.319. The van der Waals surface area contributed by atoms with E-state index < -0.39 is 59.0 Å². The highest BCUT2D eigenvalue weighted by atomic mass is 35.5. The van der Waals surface area contributed by atoms with Crippen molar-refractivity contribution in [2.75, 3.05) is 12.4 Å². The van der Waals surface area contributed by atoms with Gasteiger partial charge in [-0.3, -0.25) is 19.6 Å². The molecule has 1 aromatic heterocycles. The second-order valence-electron chi connectivity index (χ2n) is 10.1. The van der Waals surface area contributed by atoms with Crippen molar-refractivity contribution in [1.29, 1.82) is 0 Å². The first-order valence-electron chi connectivity index (χ1n) is 12.6. The number of halogens is 5. The SMILES string of the molecule is CC(C)[C@@H]1C(O)=C(C(=O)Nc2ccc(Cl)cc2-c2ccc(C(C)(F)F)nc2)C(=O)N(Cc2cccc(F)c2F)N1C. The Morgan fingerprint density at radius 2 is 1.88 bits per heavy atom. The summed E-state index contributed by atoms with van der Waals surface area (Å²) in [6.07, 6.45) is 1.20. The molecule has 1 aliphatic heterocycles. The number of carbonyl (C=O) groups excluding carboxylic acids is 2. The molecule has 0 spiro atoms. The Kier molecular flexibility index (Phi) is 8.41. The number of nitrogens with one attached hydrogen (secondary N) is 1. The number of hydrogen-bond donors (Lipinski definition) is 2. The Labute approximate surface area is 239 Å². The highest BCUT2D eigenvalue weighted by Gasteiger charge is 2.43. The van der Waals surface area contributed by atoms with Crippen LogP contribution >= 0.6 is 11.6 Å². The van der Waals surface area contributed by atoms with Crippen LogP contribution in [0.3, 0.4) is 0 Å². The maximum atomic E-state index is 14.5. The summed E-state index contributed by atoms with van der Waals surface area (Å²) in [6, 6.07) is 9.67. The summed E-state index contributed by atoms with van der Waals surface area (Å²) in [5.74, 6) is -8.08. The molecule has 216 valence electrons. The first kappa shape index (κ1) is 30.0. The van der Waals surface area contributed by atoms with E-state index in [1.807, 2.05) is 0 Å². The average molecular weight is 591 g/mol. The van der Waals surface area contributed by atoms with Crippen LogP contribution in [0, 0.1) is 17.6 Å². The van der Waals surface area contributed by atoms with Crippen LogP contribution in [0.5, 0.6) is 0 Å². The Morgan fingerprint density at radius 1 is 1.17 bits per heavy atom. The van der Waals surface area contributed by atoms with Gasteiger partial charge in [0.2, 0.25) is 0 Å². The van der Waals surface area contributed by atoms with Crippen LogP contribution in [-0.2, 0) is 22.1 Å². The number of amides is 2. The van der Waals surface area contributed by atoms with Gasteiger partial charge < -0.3 is 10.4 Å². The van der Waals surface area contributed by atoms with Gasteiger partial charge in [0.25, 0.3) is 17.7 Å². The first-order chi connectivity index (χ1) is 19.2. The number of aromatic nitrogens is 1. The first-order valence-corrected chi connectivity index (χ1v) is 12.9. The van der Waals surface area contributed by atoms with E-state index in [0.717, 1.165) is 24.1 Å². The highest BCUT2D eigenvalue weighted by molar-refractivity contribution is 6.31. The zero-order valence-electron chi connectivity index (χ0n) is 22.6. The molecule has 41 heavy (non-hydrogen) atoms. The van der Waals surface area contributed by atoms with Crippen molar-refractivity contribution < 1.29 is 32.3 Å². The minimum atomic E-state index is -3.16. The van der Waals surface area contributed by atoms with Crippen LogP contribution in [0.1, 0.15) is 32.0 Å². The Hall–Kier alpha value is -3.96. The Morgan fingerprint density at radius 3 is 2.49 bits per heavy atom. The summed E-state index contributed by atoms with van der Waals surface area (Å²) in [4.78, 5) is 30.9. The zero-order valence-corrected chi connectivity index (χ0v) is 23.3. The molecule has 4 rings (SSSR count). The van der Waals surface area contributed by atoms with E-state index in [-0.39, 0.29) is 22.2 Å². The molecular weight excluding hydrogens is 564 g/mol. The van der Waals surface area contributed by atoms with Crippen LogP contribution in [0.25, 0.3) is 11.1 Å². The van der Waals surface area contributed by atoms with Gasteiger partial charge in [-0.15, -0.1) is 0 Å². The zero-order chi connectivity index (χ0) is 30.2. The van der Waals surface area contributed by atoms with Gasteiger partial charge in [-0.1, -0.05) is 43.6 Å². The molecule has 0 saturated carbocycles. The number of anilines is 1. The lowest BCUT2D eigenvalue weighted by Gasteiger charge is -2.43. The molecule has 2 heterocycles. The second kappa shape index (κ2) is 11.5. The fourth-order valence-electron chi connectivity index (χ4n) is 4.69. The van der Waals surface area contributed by atoms with E-state index >= 15 is 0 Å². The number of likely N-dealkylation sites (N-methyl/N-ethyl adjacent to an activating group) is 1. The lowest BCUT2D eigenvalue weighted by molar-refractivity contribution is -0.154. The van der Waals surface area contributed by atoms with Crippen molar-refractivity contribution in [2.45, 2.75) is 39.3 Å². The molecule has 2 aromatic carbocycles. The molecule has 12 heteroatoms. The molecule has 3 aromatic rings. The van der Waals surface area contributed by atoms with Crippen molar-refractivity contribution in [3.05, 3.63) is 94.0 Å². The van der Waals surface area contributed by atoms with Crippen molar-refractivity contribution in [3.63, 3.8) is 0 Å². The largest absolute Gasteiger partial charge is 0.510 e. The molecule has 0 aliphatic carbocycles. The van der Waals surface area contributed by atoms with Gasteiger partial charge in [0.05, 0.1) is 12.6 Å². The molecule has 0 radical (unpaired) electrons. The summed E-state index contributed by atoms with van der Waals surface area (Å²) in [7, 11) is 1.50. The van der Waals surface area contributed by atoms with Gasteiger partial charge in [0.1, 0.15) is 17.0 Å². The van der Waals surface area contributed by atoms with Crippen LogP contribution < -0.4 is 5.32 Å². The molecule has 2 amide bonds. The molecule has 0 fully saturated rings. The molecule has 0 saturated heterocycles. The summed E-state index contributed by atoms with van der Waals surface area (Å²) in [6.45, 7) is 3.84. The predicted octanol–water partition coefficient (Wildman–Crippen LogP) is 6.46. The highest BCUT2D eigenvalue weighted by Crippen LogP contribution is 2.34. The van der Waals surface area contributed by atoms with Gasteiger partial charge in [0, 0.05) is 47.6 Å². The van der Waals surface area contributed by atoms with Crippen molar-refractivity contribution >= 4 is 29.1 Å². The predicted molar refractivity (Wildman–Crippen MR) is 146 cm³/mol. The van der Waals surface area contributed by atoms with Crippen LogP contribution in [-0.4, -0.2) is 45.0 Å². The molecule has 2 N–H and O–H groups in total. The van der Waals surface area contributed by atoms with Crippen molar-refractivity contribution in [2.24, 2.45) is 5.92 Å². The molecule has 0 unspecified atom stereocenters. The number of nitrogens with zero attached hydrogens (tertiary/aromatic N) is 3. The lowest BCUT2D eigenvalue weighted by atomic mass is 9.95. The van der Waals surface area contributed by atoms with Gasteiger partial charge >= 0.3 is 0 Å². The average Bonchev–Trinajstić information content (AvgIpc) is 2.89. The second-order valence-corrected chi connectivity index (χ2v) is 10.5. The summed E-state index contributed by atoms with van der Waals surface area (Å²) in [5, 5.41) is 16.4. The minimum absolute atomic E-state index is 0.123. The third-order valence-corrected chi connectivity index (χ3v) is 6.97. The number of pyridine rings is 1. The molecule has 0 bridgehead atoms. The van der Waals surface area contributed by atoms with Gasteiger partial charge in [-0.2, -0.15) is 8.78 Å². The molecule has 1 aliphatic rings. The number of hydrazine groups is 1. The number of hydrogen-bond acceptors (Lipinski definition) is 5. The fraction of sp³-hybridized carbons (Fsp3) is 0.276. The number of carbonyl (C=O) groups is 2. The number of benzene rings is 2. The molecule has 1 atom stereocenters. The third-order valence-electron chi connectivity index (χ3n) is 6.73. The van der Waals surface area contributed by atoms with Crippen molar-refractivity contribution in [1.82, 2.24) is 15.0 Å². The van der Waals surface area contributed by atoms with E-state index in [9.17, 15) is 32.3 Å². The van der Waals surface area contributed by atoms with E-state index in [0.29, 0.717) is 11.1 Å². The lowest BCUT2D eigenvalue weighted by Crippen LogP contribution is -2.57. The standard InChI is InChI=1S/C29H27ClF4N4O3/c1-15(2)25-26(39)23(28(41)38(37(25)4)14-17-6-5-7-20(31)24(17)32)27(40)36-21-10-9-18(30)12-19(21)16-8-11-22(35-13-16)29(3,33)34/h5-13,15,25,39H,14H2,1-4H3,(H,36,40)/t25-/m1/s1. The number of rotatable bonds is 7. The summed E-state index contributed by atoms with van der Waals surface area (Å²) < 4.78 is 55.7. The van der Waals surface area contributed by atoms with E-state index in [1.165, 1.54) is 54.7 Å². The van der Waals surface area contributed by atoms with E-state index in [4.69, 9.17) is 11.6 Å². The minimum Gasteiger partial charge on any atom is -0.510 e. The van der Waals surface area contributed by atoms with E-state index in [2.05, 4.69) is 10.3 Å². The topological polar surface area (TPSA) is 85.8 Å². The van der Waals surface area contributed by atoms with Gasteiger partial charge in [-0.25, -0.2) is 13.8 Å². The third kappa shape index (κ3) is 6.06. The Bertz CT molecular complexity index is 1520. The number of alkyl halides is 2. The number of aliphatic hydroxyl groups excluding tert-OH is 1. The smallest absolute Gasteiger partial charge is 0.286 e. The number of aliphatic hydroxyl groups is 1. The van der Waals surface area contributed by atoms with E-state index in [1.54, 1.807) is 13.8 Å². The molecule has 7 nitrogen and oxygen atoms in total. The van der Waals surface area contributed by atoms with Crippen molar-refractivity contribution in [3.8, 4) is 11.1 Å². The van der Waals surface area contributed by atoms with Crippen LogP contribution in [0.4, 0.5) is 23.2 Å². The fourth-order valence-corrected chi connectivity index (χ4v) is 4.87. The maximum absolute atomic E-state index is 14.5. The maximum Gasteiger partial charge on any atom is 0.286 e. The monoisotopic (exact) mass is 590 g/mol. The van der Waals surface area contributed by atoms with Gasteiger partial charge in [-0.05, 0) is 36.2 Å².